The summed E-state index contributed by atoms with van der Waals surface area (Å²) in [6.45, 7) is 4.15. The van der Waals surface area contributed by atoms with Gasteiger partial charge in [-0.1, -0.05) is 30.5 Å². The Morgan fingerprint density at radius 3 is 2.58 bits per heavy atom. The molecule has 0 spiro atoms. The first kappa shape index (κ1) is 16.0. The highest BCUT2D eigenvalue weighted by Crippen LogP contribution is 2.24. The number of nitrogens with zero attached hydrogens (tertiary/aromatic N) is 3. The number of rotatable bonds is 3. The van der Waals surface area contributed by atoms with Crippen molar-refractivity contribution in [2.45, 2.75) is 38.3 Å². The topological polar surface area (TPSA) is 28.5 Å². The summed E-state index contributed by atoms with van der Waals surface area (Å²) < 4.78 is 2.01. The molecule has 1 aliphatic heterocycles. The number of hydrogen-bond acceptors (Lipinski definition) is 2. The van der Waals surface area contributed by atoms with Gasteiger partial charge in [0.15, 0.2) is 0 Å². The Hall–Kier alpha value is -1.52. The number of amides is 1. The molecule has 0 N–H and O–H groups in total. The molecule has 1 saturated carbocycles. The fourth-order valence-corrected chi connectivity index (χ4v) is 4.31. The average molecular weight is 346 g/mol. The number of halogens is 1. The molecule has 1 amide bonds. The molecule has 4 rings (SSSR count). The van der Waals surface area contributed by atoms with Crippen molar-refractivity contribution in [3.63, 3.8) is 0 Å². The van der Waals surface area contributed by atoms with E-state index < -0.39 is 0 Å². The minimum absolute atomic E-state index is 0.207. The van der Waals surface area contributed by atoms with Gasteiger partial charge in [0, 0.05) is 49.0 Å². The van der Waals surface area contributed by atoms with Crippen LogP contribution in [0.15, 0.2) is 30.5 Å². The van der Waals surface area contributed by atoms with E-state index in [0.717, 1.165) is 43.1 Å². The molecule has 1 aromatic heterocycles. The van der Waals surface area contributed by atoms with E-state index in [-0.39, 0.29) is 5.91 Å². The van der Waals surface area contributed by atoms with E-state index in [1.54, 1.807) is 0 Å². The first-order valence-electron chi connectivity index (χ1n) is 8.97. The Bertz CT molecular complexity index is 727. The zero-order chi connectivity index (χ0) is 16.5. The first-order valence-corrected chi connectivity index (χ1v) is 9.35. The Morgan fingerprint density at radius 2 is 1.83 bits per heavy atom. The lowest BCUT2D eigenvalue weighted by Gasteiger charge is -2.38. The predicted octanol–water partition coefficient (Wildman–Crippen LogP) is 3.38. The number of aromatic nitrogens is 1. The maximum Gasteiger partial charge on any atom is 0.242 e. The minimum atomic E-state index is 0.207. The van der Waals surface area contributed by atoms with E-state index in [4.69, 9.17) is 11.6 Å². The Balaban J connectivity index is 1.38. The summed E-state index contributed by atoms with van der Waals surface area (Å²) in [7, 11) is 0. The van der Waals surface area contributed by atoms with Crippen LogP contribution in [0.1, 0.15) is 25.7 Å². The number of piperazine rings is 1. The largest absolute Gasteiger partial charge is 0.339 e. The van der Waals surface area contributed by atoms with Gasteiger partial charge < -0.3 is 9.47 Å². The monoisotopic (exact) mass is 345 g/mol. The standard InChI is InChI=1S/C19H24ClN3O/c20-16-6-5-15-7-8-23(18(15)13-16)14-19(24)22-11-9-21(10-12-22)17-3-1-2-4-17/h5-8,13,17H,1-4,9-12,14H2. The fraction of sp³-hybridized carbons (Fsp3) is 0.526. The minimum Gasteiger partial charge on any atom is -0.339 e. The van der Waals surface area contributed by atoms with Crippen molar-refractivity contribution in [3.05, 3.63) is 35.5 Å². The maximum absolute atomic E-state index is 12.7. The molecule has 2 fully saturated rings. The van der Waals surface area contributed by atoms with Crippen LogP contribution in [0.25, 0.3) is 10.9 Å². The number of carbonyl (C=O) groups excluding carboxylic acids is 1. The van der Waals surface area contributed by atoms with Gasteiger partial charge in [-0.2, -0.15) is 0 Å². The number of benzene rings is 1. The van der Waals surface area contributed by atoms with Crippen LogP contribution in [0, 0.1) is 0 Å². The highest BCUT2D eigenvalue weighted by Gasteiger charge is 2.27. The normalized spacial score (nSPS) is 20.1. The van der Waals surface area contributed by atoms with E-state index >= 15 is 0 Å². The van der Waals surface area contributed by atoms with Gasteiger partial charge in [-0.25, -0.2) is 0 Å². The van der Waals surface area contributed by atoms with Gasteiger partial charge in [-0.05, 0) is 36.4 Å². The fourth-order valence-electron chi connectivity index (χ4n) is 4.15. The quantitative estimate of drug-likeness (QED) is 0.853. The second kappa shape index (κ2) is 6.77. The molecule has 4 nitrogen and oxygen atoms in total. The Labute approximate surface area is 148 Å². The average Bonchev–Trinajstić information content (AvgIpc) is 3.25. The summed E-state index contributed by atoms with van der Waals surface area (Å²) in [5, 5.41) is 1.83. The van der Waals surface area contributed by atoms with Crippen molar-refractivity contribution in [1.82, 2.24) is 14.4 Å². The third kappa shape index (κ3) is 3.17. The van der Waals surface area contributed by atoms with Gasteiger partial charge in [-0.15, -0.1) is 0 Å². The van der Waals surface area contributed by atoms with Crippen molar-refractivity contribution in [3.8, 4) is 0 Å². The molecule has 2 aliphatic rings. The molecular weight excluding hydrogens is 322 g/mol. The second-order valence-electron chi connectivity index (χ2n) is 7.00. The SMILES string of the molecule is O=C(Cn1ccc2ccc(Cl)cc21)N1CCN(C2CCCC2)CC1. The number of fused-ring (bicyclic) bond motifs is 1. The molecule has 0 atom stereocenters. The van der Waals surface area contributed by atoms with Crippen molar-refractivity contribution in [2.75, 3.05) is 26.2 Å². The number of hydrogen-bond donors (Lipinski definition) is 0. The van der Waals surface area contributed by atoms with E-state index in [1.165, 1.54) is 25.7 Å². The first-order chi connectivity index (χ1) is 11.7. The predicted molar refractivity (Wildman–Crippen MR) is 97.4 cm³/mol. The molecule has 2 aromatic rings. The maximum atomic E-state index is 12.7. The van der Waals surface area contributed by atoms with E-state index in [0.29, 0.717) is 11.6 Å². The summed E-state index contributed by atoms with van der Waals surface area (Å²) in [6, 6.07) is 8.62. The van der Waals surface area contributed by atoms with Crippen LogP contribution < -0.4 is 0 Å². The van der Waals surface area contributed by atoms with Gasteiger partial charge in [0.2, 0.25) is 5.91 Å². The lowest BCUT2D eigenvalue weighted by molar-refractivity contribution is -0.133. The van der Waals surface area contributed by atoms with Gasteiger partial charge in [0.1, 0.15) is 6.54 Å². The van der Waals surface area contributed by atoms with Crippen LogP contribution in [0.5, 0.6) is 0 Å². The zero-order valence-electron chi connectivity index (χ0n) is 14.0. The number of carbonyl (C=O) groups is 1. The second-order valence-corrected chi connectivity index (χ2v) is 7.44. The van der Waals surface area contributed by atoms with Gasteiger partial charge in [-0.3, -0.25) is 9.69 Å². The summed E-state index contributed by atoms with van der Waals surface area (Å²) >= 11 is 6.10. The van der Waals surface area contributed by atoms with Crippen LogP contribution in [0.3, 0.4) is 0 Å². The van der Waals surface area contributed by atoms with Crippen molar-refractivity contribution < 1.29 is 4.79 Å². The Morgan fingerprint density at radius 1 is 1.08 bits per heavy atom. The van der Waals surface area contributed by atoms with Crippen LogP contribution in [0.4, 0.5) is 0 Å². The van der Waals surface area contributed by atoms with Gasteiger partial charge >= 0.3 is 0 Å². The highest BCUT2D eigenvalue weighted by molar-refractivity contribution is 6.31. The third-order valence-electron chi connectivity index (χ3n) is 5.55. The molecule has 0 unspecified atom stereocenters. The molecule has 5 heteroatoms. The van der Waals surface area contributed by atoms with Crippen molar-refractivity contribution >= 4 is 28.4 Å². The highest BCUT2D eigenvalue weighted by atomic mass is 35.5. The molecule has 2 heterocycles. The molecular formula is C19H24ClN3O. The van der Waals surface area contributed by atoms with Gasteiger partial charge in [0.25, 0.3) is 0 Å². The molecule has 0 radical (unpaired) electrons. The smallest absolute Gasteiger partial charge is 0.242 e. The summed E-state index contributed by atoms with van der Waals surface area (Å²) in [5.74, 6) is 0.207. The van der Waals surface area contributed by atoms with Crippen LogP contribution in [0.2, 0.25) is 5.02 Å². The molecule has 24 heavy (non-hydrogen) atoms. The molecule has 1 aliphatic carbocycles. The van der Waals surface area contributed by atoms with E-state index in [9.17, 15) is 4.79 Å². The van der Waals surface area contributed by atoms with Crippen LogP contribution in [-0.2, 0) is 11.3 Å². The van der Waals surface area contributed by atoms with Crippen LogP contribution >= 0.6 is 11.6 Å². The summed E-state index contributed by atoms with van der Waals surface area (Å²) in [6.07, 6.45) is 7.39. The van der Waals surface area contributed by atoms with E-state index in [2.05, 4.69) is 4.90 Å². The van der Waals surface area contributed by atoms with E-state index in [1.807, 2.05) is 39.9 Å². The van der Waals surface area contributed by atoms with Crippen molar-refractivity contribution in [1.29, 1.82) is 0 Å². The lowest BCUT2D eigenvalue weighted by atomic mass is 10.2. The third-order valence-corrected chi connectivity index (χ3v) is 5.78. The van der Waals surface area contributed by atoms with Gasteiger partial charge in [0.05, 0.1) is 0 Å². The van der Waals surface area contributed by atoms with Crippen molar-refractivity contribution in [2.24, 2.45) is 0 Å². The molecule has 0 bridgehead atoms. The molecule has 1 saturated heterocycles. The zero-order valence-corrected chi connectivity index (χ0v) is 14.7. The summed E-state index contributed by atoms with van der Waals surface area (Å²) in [5.41, 5.74) is 1.03. The van der Waals surface area contributed by atoms with Crippen LogP contribution in [-0.4, -0.2) is 52.5 Å². The molecule has 1 aromatic carbocycles. The molecule has 128 valence electrons. The Kier molecular flexibility index (Phi) is 4.51. The summed E-state index contributed by atoms with van der Waals surface area (Å²) in [4.78, 5) is 17.3. The lowest BCUT2D eigenvalue weighted by Crippen LogP contribution is -2.52.